The fraction of sp³-hybridized carbons (Fsp3) is 0. The Hall–Kier alpha value is -2.03. The Bertz CT molecular complexity index is 480. The van der Waals surface area contributed by atoms with E-state index in [-0.39, 0.29) is 0 Å². The highest BCUT2D eigenvalue weighted by atomic mass is 19.1. The zero-order valence-electron chi connectivity index (χ0n) is 7.81. The summed E-state index contributed by atoms with van der Waals surface area (Å²) < 4.78 is 12.9. The van der Waals surface area contributed by atoms with Crippen LogP contribution in [0.1, 0.15) is 0 Å². The molecule has 2 aromatic rings. The molecule has 0 aliphatic carbocycles. The lowest BCUT2D eigenvalue weighted by Gasteiger charge is -2.06. The predicted molar refractivity (Wildman–Crippen MR) is 55.2 cm³/mol. The summed E-state index contributed by atoms with van der Waals surface area (Å²) >= 11 is 0. The molecule has 2 rings (SSSR count). The molecule has 2 nitrogen and oxygen atoms in total. The zero-order chi connectivity index (χ0) is 10.8. The van der Waals surface area contributed by atoms with Crippen LogP contribution in [0.2, 0.25) is 0 Å². The summed E-state index contributed by atoms with van der Waals surface area (Å²) in [6.07, 6.45) is 0. The van der Waals surface area contributed by atoms with Crippen molar-refractivity contribution >= 4 is 0 Å². The topological polar surface area (TPSA) is 40.5 Å². The molecule has 0 amide bonds. The van der Waals surface area contributed by atoms with E-state index in [2.05, 4.69) is 0 Å². The van der Waals surface area contributed by atoms with E-state index in [1.165, 1.54) is 6.07 Å². The number of phenols is 2. The van der Waals surface area contributed by atoms with Crippen LogP contribution in [0.15, 0.2) is 42.5 Å². The summed E-state index contributed by atoms with van der Waals surface area (Å²) in [5.41, 5.74) is 1.14. The lowest BCUT2D eigenvalue weighted by molar-refractivity contribution is 0.380. The quantitative estimate of drug-likeness (QED) is 0.701. The van der Waals surface area contributed by atoms with Gasteiger partial charge in [0.1, 0.15) is 0 Å². The first-order valence-corrected chi connectivity index (χ1v) is 4.46. The smallest absolute Gasteiger partial charge is 0.194 e. The highest BCUT2D eigenvalue weighted by Gasteiger charge is 2.12. The van der Waals surface area contributed by atoms with Gasteiger partial charge in [-0.3, -0.25) is 0 Å². The highest BCUT2D eigenvalue weighted by Crippen LogP contribution is 2.37. The second kappa shape index (κ2) is 3.61. The summed E-state index contributed by atoms with van der Waals surface area (Å²) in [6, 6.07) is 11.5. The van der Waals surface area contributed by atoms with E-state index in [9.17, 15) is 14.6 Å². The van der Waals surface area contributed by atoms with Crippen molar-refractivity contribution < 1.29 is 14.6 Å². The maximum absolute atomic E-state index is 12.9. The molecule has 0 spiro atoms. The van der Waals surface area contributed by atoms with Gasteiger partial charge in [-0.15, -0.1) is 0 Å². The van der Waals surface area contributed by atoms with Gasteiger partial charge < -0.3 is 10.2 Å². The van der Waals surface area contributed by atoms with Crippen LogP contribution in [0.4, 0.5) is 4.39 Å². The van der Waals surface area contributed by atoms with Crippen molar-refractivity contribution in [2.24, 2.45) is 0 Å². The van der Waals surface area contributed by atoms with Gasteiger partial charge in [0.15, 0.2) is 17.3 Å². The number of halogens is 1. The van der Waals surface area contributed by atoms with Gasteiger partial charge >= 0.3 is 0 Å². The summed E-state index contributed by atoms with van der Waals surface area (Å²) in [4.78, 5) is 0. The average Bonchev–Trinajstić information content (AvgIpc) is 2.27. The summed E-state index contributed by atoms with van der Waals surface area (Å²) in [7, 11) is 0. The Morgan fingerprint density at radius 3 is 2.13 bits per heavy atom. The number of hydrogen-bond acceptors (Lipinski definition) is 2. The van der Waals surface area contributed by atoms with Crippen molar-refractivity contribution in [2.75, 3.05) is 0 Å². The molecule has 0 aromatic heterocycles. The van der Waals surface area contributed by atoms with Crippen LogP contribution in [0.5, 0.6) is 11.5 Å². The van der Waals surface area contributed by atoms with Crippen molar-refractivity contribution in [3.8, 4) is 22.6 Å². The van der Waals surface area contributed by atoms with Gasteiger partial charge in [-0.25, -0.2) is 4.39 Å². The van der Waals surface area contributed by atoms with Crippen LogP contribution in [-0.2, 0) is 0 Å². The van der Waals surface area contributed by atoms with Gasteiger partial charge in [-0.2, -0.15) is 0 Å². The number of phenolic OH excluding ortho intramolecular Hbond substituents is 2. The molecule has 0 saturated carbocycles. The summed E-state index contributed by atoms with van der Waals surface area (Å²) in [5, 5.41) is 18.8. The molecule has 0 aliphatic rings. The van der Waals surface area contributed by atoms with Gasteiger partial charge in [0.05, 0.1) is 0 Å². The van der Waals surface area contributed by atoms with Gasteiger partial charge in [0.25, 0.3) is 0 Å². The maximum atomic E-state index is 12.9. The molecular weight excluding hydrogens is 195 g/mol. The summed E-state index contributed by atoms with van der Waals surface area (Å²) in [5.74, 6) is -1.97. The first-order valence-electron chi connectivity index (χ1n) is 4.46. The van der Waals surface area contributed by atoms with Crippen LogP contribution < -0.4 is 0 Å². The van der Waals surface area contributed by atoms with E-state index in [4.69, 9.17) is 0 Å². The van der Waals surface area contributed by atoms with Crippen molar-refractivity contribution in [1.82, 2.24) is 0 Å². The molecule has 2 aromatic carbocycles. The standard InChI is InChI=1S/C12H9FO2/c13-10-7-6-9(11(14)12(10)15)8-4-2-1-3-5-8/h1-7,14-15H. The second-order valence-electron chi connectivity index (χ2n) is 3.16. The molecule has 0 radical (unpaired) electrons. The molecule has 0 fully saturated rings. The normalized spacial score (nSPS) is 10.2. The zero-order valence-corrected chi connectivity index (χ0v) is 7.81. The third-order valence-electron chi connectivity index (χ3n) is 2.19. The summed E-state index contributed by atoms with van der Waals surface area (Å²) in [6.45, 7) is 0. The lowest BCUT2D eigenvalue weighted by atomic mass is 10.0. The van der Waals surface area contributed by atoms with Crippen molar-refractivity contribution in [1.29, 1.82) is 0 Å². The molecule has 0 saturated heterocycles. The van der Waals surface area contributed by atoms with Gasteiger partial charge in [-0.05, 0) is 17.7 Å². The van der Waals surface area contributed by atoms with E-state index in [0.29, 0.717) is 5.56 Å². The monoisotopic (exact) mass is 204 g/mol. The number of benzene rings is 2. The largest absolute Gasteiger partial charge is 0.504 e. The molecule has 0 atom stereocenters. The molecular formula is C12H9FO2. The highest BCUT2D eigenvalue weighted by molar-refractivity contribution is 5.73. The second-order valence-corrected chi connectivity index (χ2v) is 3.16. The maximum Gasteiger partial charge on any atom is 0.194 e. The van der Waals surface area contributed by atoms with Crippen LogP contribution in [0.3, 0.4) is 0 Å². The van der Waals surface area contributed by atoms with Crippen LogP contribution >= 0.6 is 0 Å². The van der Waals surface area contributed by atoms with Gasteiger partial charge in [0, 0.05) is 5.56 Å². The Balaban J connectivity index is 2.60. The van der Waals surface area contributed by atoms with Crippen molar-refractivity contribution in [2.45, 2.75) is 0 Å². The minimum atomic E-state index is -0.827. The van der Waals surface area contributed by atoms with Gasteiger partial charge in [-0.1, -0.05) is 30.3 Å². The van der Waals surface area contributed by atoms with E-state index >= 15 is 0 Å². The molecule has 0 aliphatic heterocycles. The minimum Gasteiger partial charge on any atom is -0.504 e. The Kier molecular flexibility index (Phi) is 2.29. The van der Waals surface area contributed by atoms with E-state index < -0.39 is 17.3 Å². The number of aromatic hydroxyl groups is 2. The Labute approximate surface area is 86.2 Å². The molecule has 3 heteroatoms. The van der Waals surface area contributed by atoms with Gasteiger partial charge in [0.2, 0.25) is 0 Å². The van der Waals surface area contributed by atoms with Crippen molar-refractivity contribution in [3.63, 3.8) is 0 Å². The van der Waals surface area contributed by atoms with Crippen LogP contribution in [-0.4, -0.2) is 10.2 Å². The lowest BCUT2D eigenvalue weighted by Crippen LogP contribution is -1.82. The molecule has 76 valence electrons. The Morgan fingerprint density at radius 1 is 0.800 bits per heavy atom. The molecule has 2 N–H and O–H groups in total. The first-order chi connectivity index (χ1) is 7.20. The van der Waals surface area contributed by atoms with E-state index in [1.807, 2.05) is 6.07 Å². The molecule has 0 unspecified atom stereocenters. The SMILES string of the molecule is Oc1c(F)ccc(-c2ccccc2)c1O. The molecule has 15 heavy (non-hydrogen) atoms. The third kappa shape index (κ3) is 1.64. The van der Waals surface area contributed by atoms with E-state index in [0.717, 1.165) is 11.6 Å². The number of hydrogen-bond donors (Lipinski definition) is 2. The predicted octanol–water partition coefficient (Wildman–Crippen LogP) is 2.90. The average molecular weight is 204 g/mol. The van der Waals surface area contributed by atoms with Crippen LogP contribution in [0.25, 0.3) is 11.1 Å². The fourth-order valence-electron chi connectivity index (χ4n) is 1.41. The third-order valence-corrected chi connectivity index (χ3v) is 2.19. The van der Waals surface area contributed by atoms with Crippen molar-refractivity contribution in [3.05, 3.63) is 48.3 Å². The first kappa shape index (κ1) is 9.52. The van der Waals surface area contributed by atoms with E-state index in [1.54, 1.807) is 24.3 Å². The van der Waals surface area contributed by atoms with Crippen LogP contribution in [0, 0.1) is 5.82 Å². The Morgan fingerprint density at radius 2 is 1.47 bits per heavy atom. The minimum absolute atomic E-state index is 0.412. The molecule has 0 bridgehead atoms. The number of rotatable bonds is 1. The fourth-order valence-corrected chi connectivity index (χ4v) is 1.41. The molecule has 0 heterocycles.